The SMILES string of the molecule is Cc1ccc2cc(C(C)(C)C)c(-c3cc(C)[o+]c(C)c3)c-2cc1. The standard InChI is InChI=1S/C22H25O/c1-14-7-9-17-13-20(22(4,5)6)21(19(17)10-8-14)18-11-15(2)23-16(3)12-18/h7-13H,1-6H3/q+1. The highest BCUT2D eigenvalue weighted by Gasteiger charge is 2.26. The summed E-state index contributed by atoms with van der Waals surface area (Å²) in [5.41, 5.74) is 7.96. The Bertz CT molecular complexity index is 817. The smallest absolute Gasteiger partial charge is 0.218 e. The van der Waals surface area contributed by atoms with E-state index in [0.717, 1.165) is 11.5 Å². The van der Waals surface area contributed by atoms with Crippen LogP contribution in [0.15, 0.2) is 46.9 Å². The Labute approximate surface area is 139 Å². The third kappa shape index (κ3) is 3.01. The lowest BCUT2D eigenvalue weighted by Crippen LogP contribution is -2.11. The predicted molar refractivity (Wildman–Crippen MR) is 98.1 cm³/mol. The molecule has 3 rings (SSSR count). The molecule has 0 N–H and O–H groups in total. The van der Waals surface area contributed by atoms with Crippen molar-refractivity contribution in [1.29, 1.82) is 0 Å². The molecule has 1 aromatic heterocycles. The maximum atomic E-state index is 5.69. The minimum atomic E-state index is 0.0940. The van der Waals surface area contributed by atoms with Crippen LogP contribution in [0.1, 0.15) is 43.4 Å². The Morgan fingerprint density at radius 3 is 1.96 bits per heavy atom. The maximum Gasteiger partial charge on any atom is 0.327 e. The molecule has 0 atom stereocenters. The summed E-state index contributed by atoms with van der Waals surface area (Å²) in [7, 11) is 0. The zero-order valence-corrected chi connectivity index (χ0v) is 14.9. The van der Waals surface area contributed by atoms with E-state index in [2.05, 4.69) is 70.2 Å². The van der Waals surface area contributed by atoms with Gasteiger partial charge < -0.3 is 0 Å². The summed E-state index contributed by atoms with van der Waals surface area (Å²) in [4.78, 5) is 0. The number of rotatable bonds is 1. The summed E-state index contributed by atoms with van der Waals surface area (Å²) in [6.07, 6.45) is 0. The molecule has 1 aromatic rings. The Balaban J connectivity index is 2.38. The van der Waals surface area contributed by atoms with Gasteiger partial charge in [0.25, 0.3) is 0 Å². The molecular weight excluding hydrogens is 280 g/mol. The molecule has 0 saturated carbocycles. The summed E-state index contributed by atoms with van der Waals surface area (Å²) in [6, 6.07) is 15.5. The molecule has 1 nitrogen and oxygen atoms in total. The van der Waals surface area contributed by atoms with E-state index in [4.69, 9.17) is 4.42 Å². The van der Waals surface area contributed by atoms with Gasteiger partial charge in [0.15, 0.2) is 0 Å². The zero-order valence-electron chi connectivity index (χ0n) is 14.9. The van der Waals surface area contributed by atoms with E-state index >= 15 is 0 Å². The molecule has 0 fully saturated rings. The van der Waals surface area contributed by atoms with E-state index < -0.39 is 0 Å². The topological polar surface area (TPSA) is 11.3 Å². The van der Waals surface area contributed by atoms with Crippen molar-refractivity contribution in [3.05, 3.63) is 65.1 Å². The van der Waals surface area contributed by atoms with E-state index in [0.29, 0.717) is 0 Å². The van der Waals surface area contributed by atoms with Gasteiger partial charge in [-0.3, -0.25) is 0 Å². The van der Waals surface area contributed by atoms with Gasteiger partial charge in [-0.25, -0.2) is 4.42 Å². The van der Waals surface area contributed by atoms with Crippen LogP contribution in [0, 0.1) is 20.8 Å². The fourth-order valence-corrected chi connectivity index (χ4v) is 3.24. The Morgan fingerprint density at radius 1 is 0.739 bits per heavy atom. The second-order valence-corrected chi connectivity index (χ2v) is 7.53. The van der Waals surface area contributed by atoms with Gasteiger partial charge in [0.2, 0.25) is 0 Å². The lowest BCUT2D eigenvalue weighted by atomic mass is 9.84. The van der Waals surface area contributed by atoms with Crippen molar-refractivity contribution in [2.24, 2.45) is 0 Å². The first-order valence-corrected chi connectivity index (χ1v) is 8.21. The minimum absolute atomic E-state index is 0.0940. The molecule has 0 saturated heterocycles. The van der Waals surface area contributed by atoms with E-state index in [1.807, 2.05) is 13.8 Å². The molecule has 0 unspecified atom stereocenters. The quantitative estimate of drug-likeness (QED) is 0.464. The predicted octanol–water partition coefficient (Wildman–Crippen LogP) is 6.56. The van der Waals surface area contributed by atoms with Crippen LogP contribution in [0.2, 0.25) is 0 Å². The van der Waals surface area contributed by atoms with Crippen molar-refractivity contribution < 1.29 is 4.42 Å². The van der Waals surface area contributed by atoms with Crippen molar-refractivity contribution >= 4 is 0 Å². The van der Waals surface area contributed by atoms with Crippen LogP contribution >= 0.6 is 0 Å². The molecule has 0 radical (unpaired) electrons. The molecule has 0 aliphatic heterocycles. The lowest BCUT2D eigenvalue weighted by Gasteiger charge is -2.20. The molecule has 23 heavy (non-hydrogen) atoms. The fraction of sp³-hybridized carbons (Fsp3) is 0.318. The number of hydrogen-bond acceptors (Lipinski definition) is 0. The first kappa shape index (κ1) is 15.7. The average molecular weight is 305 g/mol. The van der Waals surface area contributed by atoms with Gasteiger partial charge in [-0.1, -0.05) is 50.6 Å². The van der Waals surface area contributed by atoms with Crippen molar-refractivity contribution in [2.45, 2.75) is 47.0 Å². The third-order valence-corrected chi connectivity index (χ3v) is 4.32. The molecule has 2 aliphatic rings. The van der Waals surface area contributed by atoms with Crippen LogP contribution in [0.25, 0.3) is 22.3 Å². The summed E-state index contributed by atoms with van der Waals surface area (Å²) in [5, 5.41) is 0. The van der Waals surface area contributed by atoms with Crippen LogP contribution in [-0.4, -0.2) is 0 Å². The first-order chi connectivity index (χ1) is 10.8. The fourth-order valence-electron chi connectivity index (χ4n) is 3.24. The van der Waals surface area contributed by atoms with Gasteiger partial charge in [0.05, 0.1) is 13.8 Å². The Morgan fingerprint density at radius 2 is 1.35 bits per heavy atom. The van der Waals surface area contributed by atoms with Gasteiger partial charge in [0.1, 0.15) is 0 Å². The summed E-state index contributed by atoms with van der Waals surface area (Å²) < 4.78 is 5.69. The number of hydrogen-bond donors (Lipinski definition) is 0. The summed E-state index contributed by atoms with van der Waals surface area (Å²) >= 11 is 0. The molecule has 1 heterocycles. The molecule has 0 aromatic carbocycles. The Kier molecular flexibility index (Phi) is 3.75. The van der Waals surface area contributed by atoms with Crippen LogP contribution in [0.4, 0.5) is 0 Å². The van der Waals surface area contributed by atoms with E-state index in [-0.39, 0.29) is 5.41 Å². The Hall–Kier alpha value is -2.15. The highest BCUT2D eigenvalue weighted by atomic mass is 16.3. The molecule has 0 bridgehead atoms. The summed E-state index contributed by atoms with van der Waals surface area (Å²) in [5.74, 6) is 1.90. The van der Waals surface area contributed by atoms with Crippen LogP contribution in [0.3, 0.4) is 0 Å². The molecule has 0 spiro atoms. The second kappa shape index (κ2) is 5.49. The molecule has 2 aliphatic carbocycles. The van der Waals surface area contributed by atoms with Gasteiger partial charge in [-0.2, -0.15) is 0 Å². The van der Waals surface area contributed by atoms with Crippen molar-refractivity contribution in [3.63, 3.8) is 0 Å². The van der Waals surface area contributed by atoms with Crippen LogP contribution in [-0.2, 0) is 5.41 Å². The second-order valence-electron chi connectivity index (χ2n) is 7.53. The highest BCUT2D eigenvalue weighted by molar-refractivity contribution is 5.90. The van der Waals surface area contributed by atoms with Crippen LogP contribution < -0.4 is 0 Å². The lowest BCUT2D eigenvalue weighted by molar-refractivity contribution is 0.486. The van der Waals surface area contributed by atoms with E-state index in [9.17, 15) is 0 Å². The molecule has 0 amide bonds. The van der Waals surface area contributed by atoms with Gasteiger partial charge in [-0.15, -0.1) is 0 Å². The van der Waals surface area contributed by atoms with Crippen molar-refractivity contribution in [2.75, 3.05) is 0 Å². The van der Waals surface area contributed by atoms with Crippen molar-refractivity contribution in [1.82, 2.24) is 0 Å². The molecule has 118 valence electrons. The largest absolute Gasteiger partial charge is 0.327 e. The van der Waals surface area contributed by atoms with E-state index in [1.54, 1.807) is 0 Å². The van der Waals surface area contributed by atoms with Gasteiger partial charge in [-0.05, 0) is 40.7 Å². The average Bonchev–Trinajstić information content (AvgIpc) is 2.71. The highest BCUT2D eigenvalue weighted by Crippen LogP contribution is 2.44. The molecule has 1 heteroatoms. The number of aryl methyl sites for hydroxylation is 3. The molecular formula is C22H25O+. The third-order valence-electron chi connectivity index (χ3n) is 4.32. The zero-order chi connectivity index (χ0) is 16.8. The van der Waals surface area contributed by atoms with Gasteiger partial charge in [0, 0.05) is 17.7 Å². The normalized spacial score (nSPS) is 11.9. The van der Waals surface area contributed by atoms with Crippen molar-refractivity contribution in [3.8, 4) is 22.3 Å². The summed E-state index contributed by atoms with van der Waals surface area (Å²) in [6.45, 7) is 13.0. The van der Waals surface area contributed by atoms with E-state index in [1.165, 1.54) is 33.4 Å². The number of fused-ring (bicyclic) bond motifs is 1. The maximum absolute atomic E-state index is 5.69. The first-order valence-electron chi connectivity index (χ1n) is 8.21. The minimum Gasteiger partial charge on any atom is -0.218 e. The van der Waals surface area contributed by atoms with Gasteiger partial charge >= 0.3 is 11.5 Å². The van der Waals surface area contributed by atoms with Crippen LogP contribution in [0.5, 0.6) is 0 Å². The monoisotopic (exact) mass is 305 g/mol.